The lowest BCUT2D eigenvalue weighted by Crippen LogP contribution is -2.09. The van der Waals surface area contributed by atoms with Crippen LogP contribution < -0.4 is 0 Å². The Morgan fingerprint density at radius 3 is 2.24 bits per heavy atom. The zero-order valence-corrected chi connectivity index (χ0v) is 10.9. The standard InChI is InChI=1S/C13H19NO3/c1-10(2)9-12(11(3)4)16-7-8-17-13(15)5-6-14/h9H,5,7-8H2,1-4H3. The van der Waals surface area contributed by atoms with Crippen molar-refractivity contribution in [1.29, 1.82) is 5.26 Å². The van der Waals surface area contributed by atoms with Crippen molar-refractivity contribution in [3.63, 3.8) is 0 Å². The number of carbonyl (C=O) groups is 1. The second kappa shape index (κ2) is 8.40. The SMILES string of the molecule is CC(C)=CC(OCCOC(=O)CC#N)=C(C)C. The van der Waals surface area contributed by atoms with Crippen molar-refractivity contribution in [2.24, 2.45) is 0 Å². The molecule has 0 amide bonds. The molecule has 0 spiro atoms. The zero-order valence-electron chi connectivity index (χ0n) is 10.9. The Hall–Kier alpha value is -1.76. The van der Waals surface area contributed by atoms with Crippen LogP contribution in [0.25, 0.3) is 0 Å². The Kier molecular flexibility index (Phi) is 7.53. The molecule has 4 nitrogen and oxygen atoms in total. The molecule has 0 aliphatic carbocycles. The molecule has 0 heterocycles. The van der Waals surface area contributed by atoms with Gasteiger partial charge in [0, 0.05) is 0 Å². The highest BCUT2D eigenvalue weighted by Crippen LogP contribution is 2.09. The summed E-state index contributed by atoms with van der Waals surface area (Å²) in [7, 11) is 0. The smallest absolute Gasteiger partial charge is 0.320 e. The Morgan fingerprint density at radius 2 is 1.76 bits per heavy atom. The van der Waals surface area contributed by atoms with Crippen molar-refractivity contribution in [3.05, 3.63) is 23.0 Å². The maximum atomic E-state index is 10.9. The summed E-state index contributed by atoms with van der Waals surface area (Å²) in [6, 6.07) is 1.73. The number of hydrogen-bond donors (Lipinski definition) is 0. The fourth-order valence-electron chi connectivity index (χ4n) is 1.02. The Labute approximate surface area is 103 Å². The molecule has 0 saturated carbocycles. The Morgan fingerprint density at radius 1 is 1.18 bits per heavy atom. The van der Waals surface area contributed by atoms with E-state index in [1.165, 1.54) is 0 Å². The van der Waals surface area contributed by atoms with E-state index in [-0.39, 0.29) is 13.0 Å². The van der Waals surface area contributed by atoms with Gasteiger partial charge in [-0.15, -0.1) is 0 Å². The molecular formula is C13H19NO3. The van der Waals surface area contributed by atoms with E-state index in [1.54, 1.807) is 6.07 Å². The maximum Gasteiger partial charge on any atom is 0.320 e. The van der Waals surface area contributed by atoms with E-state index in [4.69, 9.17) is 14.7 Å². The van der Waals surface area contributed by atoms with Gasteiger partial charge < -0.3 is 9.47 Å². The highest BCUT2D eigenvalue weighted by atomic mass is 16.6. The van der Waals surface area contributed by atoms with E-state index in [2.05, 4.69) is 0 Å². The summed E-state index contributed by atoms with van der Waals surface area (Å²) in [6.45, 7) is 8.33. The van der Waals surface area contributed by atoms with Crippen molar-refractivity contribution in [2.75, 3.05) is 13.2 Å². The largest absolute Gasteiger partial charge is 0.490 e. The van der Waals surface area contributed by atoms with Gasteiger partial charge in [-0.2, -0.15) is 5.26 Å². The molecule has 0 unspecified atom stereocenters. The van der Waals surface area contributed by atoms with Crippen molar-refractivity contribution >= 4 is 5.97 Å². The molecule has 0 aromatic rings. The molecule has 0 rings (SSSR count). The lowest BCUT2D eigenvalue weighted by Gasteiger charge is -2.09. The summed E-state index contributed by atoms with van der Waals surface area (Å²) in [5, 5.41) is 8.26. The van der Waals surface area contributed by atoms with E-state index in [0.29, 0.717) is 6.61 Å². The van der Waals surface area contributed by atoms with Crippen LogP contribution in [0.5, 0.6) is 0 Å². The third kappa shape index (κ3) is 8.09. The number of ether oxygens (including phenoxy) is 2. The molecule has 0 aliphatic heterocycles. The first kappa shape index (κ1) is 15.2. The molecular weight excluding hydrogens is 218 g/mol. The Balaban J connectivity index is 4.03. The molecule has 0 aliphatic rings. The average Bonchev–Trinajstić information content (AvgIpc) is 2.22. The van der Waals surface area contributed by atoms with Gasteiger partial charge >= 0.3 is 5.97 Å². The molecule has 0 N–H and O–H groups in total. The first-order valence-corrected chi connectivity index (χ1v) is 5.45. The first-order valence-electron chi connectivity index (χ1n) is 5.45. The minimum atomic E-state index is -0.517. The van der Waals surface area contributed by atoms with Crippen LogP contribution in [0.1, 0.15) is 34.1 Å². The van der Waals surface area contributed by atoms with Gasteiger partial charge in [-0.25, -0.2) is 0 Å². The van der Waals surface area contributed by atoms with Crippen LogP contribution in [0.4, 0.5) is 0 Å². The lowest BCUT2D eigenvalue weighted by atomic mass is 10.2. The molecule has 0 fully saturated rings. The van der Waals surface area contributed by atoms with Crippen LogP contribution in [-0.4, -0.2) is 19.2 Å². The second-order valence-electron chi connectivity index (χ2n) is 3.99. The van der Waals surface area contributed by atoms with E-state index >= 15 is 0 Å². The fourth-order valence-corrected chi connectivity index (χ4v) is 1.02. The number of hydrogen-bond acceptors (Lipinski definition) is 4. The third-order valence-electron chi connectivity index (χ3n) is 1.74. The van der Waals surface area contributed by atoms with Crippen LogP contribution in [0.15, 0.2) is 23.0 Å². The lowest BCUT2D eigenvalue weighted by molar-refractivity contribution is -0.143. The van der Waals surface area contributed by atoms with E-state index in [9.17, 15) is 4.79 Å². The van der Waals surface area contributed by atoms with E-state index in [1.807, 2.05) is 33.8 Å². The maximum absolute atomic E-state index is 10.9. The highest BCUT2D eigenvalue weighted by molar-refractivity contribution is 5.71. The van der Waals surface area contributed by atoms with Crippen LogP contribution >= 0.6 is 0 Å². The number of rotatable bonds is 6. The predicted molar refractivity (Wildman–Crippen MR) is 64.9 cm³/mol. The van der Waals surface area contributed by atoms with Crippen molar-refractivity contribution in [2.45, 2.75) is 34.1 Å². The van der Waals surface area contributed by atoms with E-state index in [0.717, 1.165) is 16.9 Å². The highest BCUT2D eigenvalue weighted by Gasteiger charge is 2.02. The molecule has 0 saturated heterocycles. The topological polar surface area (TPSA) is 59.3 Å². The minimum absolute atomic E-state index is 0.161. The van der Waals surface area contributed by atoms with Crippen LogP contribution in [0.2, 0.25) is 0 Å². The van der Waals surface area contributed by atoms with Crippen molar-refractivity contribution < 1.29 is 14.3 Å². The van der Waals surface area contributed by atoms with Crippen molar-refractivity contribution in [3.8, 4) is 6.07 Å². The summed E-state index contributed by atoms with van der Waals surface area (Å²) in [5.41, 5.74) is 2.21. The normalized spacial score (nSPS) is 8.88. The van der Waals surface area contributed by atoms with Gasteiger partial charge in [0.1, 0.15) is 25.4 Å². The van der Waals surface area contributed by atoms with Crippen LogP contribution in [0, 0.1) is 11.3 Å². The zero-order chi connectivity index (χ0) is 13.3. The van der Waals surface area contributed by atoms with Crippen molar-refractivity contribution in [1.82, 2.24) is 0 Å². The summed E-state index contributed by atoms with van der Waals surface area (Å²) in [5.74, 6) is 0.276. The Bertz CT molecular complexity index is 353. The average molecular weight is 237 g/mol. The number of carbonyl (C=O) groups excluding carboxylic acids is 1. The quantitative estimate of drug-likeness (QED) is 0.308. The molecule has 0 radical (unpaired) electrons. The molecule has 0 aromatic carbocycles. The number of esters is 1. The monoisotopic (exact) mass is 237 g/mol. The van der Waals surface area contributed by atoms with Gasteiger partial charge in [0.15, 0.2) is 0 Å². The number of nitriles is 1. The molecule has 0 aromatic heterocycles. The van der Waals surface area contributed by atoms with E-state index < -0.39 is 5.97 Å². The fraction of sp³-hybridized carbons (Fsp3) is 0.538. The summed E-state index contributed by atoms with van der Waals surface area (Å²) < 4.78 is 10.3. The van der Waals surface area contributed by atoms with Gasteiger partial charge in [0.25, 0.3) is 0 Å². The van der Waals surface area contributed by atoms with Gasteiger partial charge in [-0.3, -0.25) is 4.79 Å². The second-order valence-corrected chi connectivity index (χ2v) is 3.99. The molecule has 4 heteroatoms. The summed E-state index contributed by atoms with van der Waals surface area (Å²) in [4.78, 5) is 10.9. The number of nitrogens with zero attached hydrogens (tertiary/aromatic N) is 1. The molecule has 94 valence electrons. The number of allylic oxidation sites excluding steroid dienone is 3. The van der Waals surface area contributed by atoms with Crippen LogP contribution in [0.3, 0.4) is 0 Å². The van der Waals surface area contributed by atoms with Crippen LogP contribution in [-0.2, 0) is 14.3 Å². The third-order valence-corrected chi connectivity index (χ3v) is 1.74. The summed E-state index contributed by atoms with van der Waals surface area (Å²) in [6.07, 6.45) is 1.72. The predicted octanol–water partition coefficient (Wildman–Crippen LogP) is 2.72. The molecule has 0 bridgehead atoms. The summed E-state index contributed by atoms with van der Waals surface area (Å²) >= 11 is 0. The van der Waals surface area contributed by atoms with Gasteiger partial charge in [-0.1, -0.05) is 5.57 Å². The first-order chi connectivity index (χ1) is 7.97. The minimum Gasteiger partial charge on any atom is -0.490 e. The van der Waals surface area contributed by atoms with Gasteiger partial charge in [0.05, 0.1) is 6.07 Å². The van der Waals surface area contributed by atoms with Gasteiger partial charge in [0.2, 0.25) is 0 Å². The molecule has 17 heavy (non-hydrogen) atoms. The molecule has 0 atom stereocenters. The van der Waals surface area contributed by atoms with Gasteiger partial charge in [-0.05, 0) is 39.3 Å².